The highest BCUT2D eigenvalue weighted by Gasteiger charge is 2.45. The lowest BCUT2D eigenvalue weighted by molar-refractivity contribution is 0.0779. The van der Waals surface area contributed by atoms with Crippen molar-refractivity contribution in [2.45, 2.75) is 51.4 Å². The van der Waals surface area contributed by atoms with E-state index in [4.69, 9.17) is 0 Å². The first-order valence-corrected chi connectivity index (χ1v) is 8.71. The third-order valence-corrected chi connectivity index (χ3v) is 6.07. The quantitative estimate of drug-likeness (QED) is 0.755. The summed E-state index contributed by atoms with van der Waals surface area (Å²) < 4.78 is 0.643. The average molecular weight is 351 g/mol. The number of rotatable bonds is 2. The second kappa shape index (κ2) is 5.42. The molecule has 0 heterocycles. The van der Waals surface area contributed by atoms with Crippen LogP contribution in [0.25, 0.3) is 0 Å². The molecule has 2 aliphatic rings. The van der Waals surface area contributed by atoms with Gasteiger partial charge in [-0.1, -0.05) is 13.8 Å². The number of phenolic OH excluding ortho intramolecular Hbond substituents is 1. The molecule has 0 spiro atoms. The van der Waals surface area contributed by atoms with Gasteiger partial charge >= 0.3 is 0 Å². The standard InChI is InChI=1S/C18H23BrO2/c1-11-3-13-4-12(2)8-18(7-11,9-13)15-5-14(10-20)17(21)16(19)6-15/h5-6,10-13,21H,3-4,7-9H2,1-2H3. The van der Waals surface area contributed by atoms with Gasteiger partial charge in [-0.3, -0.25) is 4.79 Å². The topological polar surface area (TPSA) is 37.3 Å². The summed E-state index contributed by atoms with van der Waals surface area (Å²) in [6.45, 7) is 4.71. The van der Waals surface area contributed by atoms with Crippen LogP contribution >= 0.6 is 15.9 Å². The van der Waals surface area contributed by atoms with Crippen molar-refractivity contribution in [2.75, 3.05) is 0 Å². The van der Waals surface area contributed by atoms with E-state index in [1.165, 1.54) is 37.7 Å². The van der Waals surface area contributed by atoms with Gasteiger partial charge in [0.25, 0.3) is 0 Å². The van der Waals surface area contributed by atoms with E-state index in [0.717, 1.165) is 24.0 Å². The Labute approximate surface area is 135 Å². The predicted molar refractivity (Wildman–Crippen MR) is 87.8 cm³/mol. The van der Waals surface area contributed by atoms with Gasteiger partial charge in [-0.2, -0.15) is 0 Å². The van der Waals surface area contributed by atoms with Crippen molar-refractivity contribution in [3.63, 3.8) is 0 Å². The fourth-order valence-electron chi connectivity index (χ4n) is 5.07. The minimum Gasteiger partial charge on any atom is -0.506 e. The molecule has 0 aliphatic heterocycles. The maximum Gasteiger partial charge on any atom is 0.153 e. The van der Waals surface area contributed by atoms with Gasteiger partial charge in [0, 0.05) is 0 Å². The van der Waals surface area contributed by atoms with Gasteiger partial charge in [0.15, 0.2) is 6.29 Å². The van der Waals surface area contributed by atoms with Crippen molar-refractivity contribution in [1.82, 2.24) is 0 Å². The number of hydrogen-bond donors (Lipinski definition) is 1. The van der Waals surface area contributed by atoms with Gasteiger partial charge in [0.2, 0.25) is 0 Å². The van der Waals surface area contributed by atoms with Crippen LogP contribution in [0.1, 0.15) is 61.9 Å². The van der Waals surface area contributed by atoms with Crippen LogP contribution in [0.15, 0.2) is 16.6 Å². The zero-order valence-electron chi connectivity index (χ0n) is 12.7. The molecule has 0 saturated heterocycles. The number of aldehydes is 1. The Hall–Kier alpha value is -0.830. The summed E-state index contributed by atoms with van der Waals surface area (Å²) in [7, 11) is 0. The van der Waals surface area contributed by atoms with Gasteiger partial charge < -0.3 is 5.11 Å². The molecule has 2 bridgehead atoms. The van der Waals surface area contributed by atoms with Gasteiger partial charge in [-0.25, -0.2) is 0 Å². The first-order chi connectivity index (χ1) is 9.93. The molecule has 114 valence electrons. The number of benzene rings is 1. The van der Waals surface area contributed by atoms with E-state index < -0.39 is 0 Å². The Bertz CT molecular complexity index is 547. The molecule has 0 amide bonds. The molecule has 21 heavy (non-hydrogen) atoms. The second-order valence-electron chi connectivity index (χ2n) is 7.45. The van der Waals surface area contributed by atoms with Crippen molar-refractivity contribution in [1.29, 1.82) is 0 Å². The molecule has 2 saturated carbocycles. The van der Waals surface area contributed by atoms with E-state index in [0.29, 0.717) is 10.0 Å². The Balaban J connectivity index is 2.08. The van der Waals surface area contributed by atoms with E-state index >= 15 is 0 Å². The van der Waals surface area contributed by atoms with E-state index in [-0.39, 0.29) is 11.2 Å². The van der Waals surface area contributed by atoms with Crippen LogP contribution in [-0.2, 0) is 5.41 Å². The molecule has 3 heteroatoms. The molecule has 2 unspecified atom stereocenters. The summed E-state index contributed by atoms with van der Waals surface area (Å²) in [5.74, 6) is 2.35. The number of phenols is 1. The van der Waals surface area contributed by atoms with Crippen molar-refractivity contribution >= 4 is 22.2 Å². The van der Waals surface area contributed by atoms with Gasteiger partial charge in [-0.15, -0.1) is 0 Å². The molecule has 0 aromatic heterocycles. The monoisotopic (exact) mass is 350 g/mol. The highest BCUT2D eigenvalue weighted by Crippen LogP contribution is 2.54. The zero-order valence-corrected chi connectivity index (χ0v) is 14.3. The van der Waals surface area contributed by atoms with E-state index in [2.05, 4.69) is 29.8 Å². The van der Waals surface area contributed by atoms with Crippen LogP contribution in [0.4, 0.5) is 0 Å². The Morgan fingerprint density at radius 1 is 1.19 bits per heavy atom. The molecule has 2 atom stereocenters. The normalized spacial score (nSPS) is 35.5. The smallest absolute Gasteiger partial charge is 0.153 e. The molecule has 1 aromatic carbocycles. The van der Waals surface area contributed by atoms with Crippen LogP contribution in [-0.4, -0.2) is 11.4 Å². The Morgan fingerprint density at radius 2 is 1.81 bits per heavy atom. The van der Waals surface area contributed by atoms with Gasteiger partial charge in [0.1, 0.15) is 5.75 Å². The van der Waals surface area contributed by atoms with Crippen LogP contribution < -0.4 is 0 Å². The predicted octanol–water partition coefficient (Wildman–Crippen LogP) is 5.07. The molecule has 1 N–H and O–H groups in total. The lowest BCUT2D eigenvalue weighted by Gasteiger charge is -2.50. The first-order valence-electron chi connectivity index (χ1n) is 7.91. The maximum atomic E-state index is 11.2. The summed E-state index contributed by atoms with van der Waals surface area (Å²) >= 11 is 3.41. The molecule has 2 aliphatic carbocycles. The van der Waals surface area contributed by atoms with Crippen LogP contribution in [0.2, 0.25) is 0 Å². The zero-order chi connectivity index (χ0) is 15.2. The summed E-state index contributed by atoms with van der Waals surface area (Å²) in [4.78, 5) is 11.2. The molecular formula is C18H23BrO2. The fourth-order valence-corrected chi connectivity index (χ4v) is 5.55. The molecule has 1 aromatic rings. The number of carbonyl (C=O) groups is 1. The molecule has 0 radical (unpaired) electrons. The molecule has 3 rings (SSSR count). The van der Waals surface area contributed by atoms with Gasteiger partial charge in [0.05, 0.1) is 10.0 Å². The Morgan fingerprint density at radius 3 is 2.38 bits per heavy atom. The maximum absolute atomic E-state index is 11.2. The third kappa shape index (κ3) is 2.65. The number of carbonyl (C=O) groups excluding carboxylic acids is 1. The molecule has 2 fully saturated rings. The summed E-state index contributed by atoms with van der Waals surface area (Å²) in [6.07, 6.45) is 7.07. The van der Waals surface area contributed by atoms with Crippen LogP contribution in [0.3, 0.4) is 0 Å². The number of aromatic hydroxyl groups is 1. The lowest BCUT2D eigenvalue weighted by atomic mass is 9.54. The van der Waals surface area contributed by atoms with Crippen LogP contribution in [0.5, 0.6) is 5.75 Å². The fraction of sp³-hybridized carbons (Fsp3) is 0.611. The van der Waals surface area contributed by atoms with Crippen molar-refractivity contribution in [2.24, 2.45) is 17.8 Å². The SMILES string of the molecule is CC1CC2CC(C)CC(c3cc(Br)c(O)c(C=O)c3)(C1)C2. The summed E-state index contributed by atoms with van der Waals surface area (Å²) in [5, 5.41) is 9.97. The van der Waals surface area contributed by atoms with Crippen molar-refractivity contribution in [3.8, 4) is 5.75 Å². The van der Waals surface area contributed by atoms with Crippen molar-refractivity contribution in [3.05, 3.63) is 27.7 Å². The van der Waals surface area contributed by atoms with E-state index in [1.807, 2.05) is 12.1 Å². The van der Waals surface area contributed by atoms with E-state index in [9.17, 15) is 9.90 Å². The number of hydrogen-bond acceptors (Lipinski definition) is 2. The third-order valence-electron chi connectivity index (χ3n) is 5.46. The Kier molecular flexibility index (Phi) is 3.89. The molecular weight excluding hydrogens is 328 g/mol. The first kappa shape index (κ1) is 15.1. The van der Waals surface area contributed by atoms with Crippen LogP contribution in [0, 0.1) is 17.8 Å². The minimum absolute atomic E-state index is 0.0643. The number of halogens is 1. The highest BCUT2D eigenvalue weighted by molar-refractivity contribution is 9.10. The largest absolute Gasteiger partial charge is 0.506 e. The minimum atomic E-state index is 0.0643. The summed E-state index contributed by atoms with van der Waals surface area (Å²) in [6, 6.07) is 3.95. The summed E-state index contributed by atoms with van der Waals surface area (Å²) in [5.41, 5.74) is 1.83. The van der Waals surface area contributed by atoms with Gasteiger partial charge in [-0.05, 0) is 88.9 Å². The highest BCUT2D eigenvalue weighted by atomic mass is 79.9. The molecule has 2 nitrogen and oxygen atoms in total. The van der Waals surface area contributed by atoms with Crippen molar-refractivity contribution < 1.29 is 9.90 Å². The average Bonchev–Trinajstić information content (AvgIpc) is 2.39. The second-order valence-corrected chi connectivity index (χ2v) is 8.31. The lowest BCUT2D eigenvalue weighted by Crippen LogP contribution is -2.42. The van der Waals surface area contributed by atoms with E-state index in [1.54, 1.807) is 0 Å². The number of fused-ring (bicyclic) bond motifs is 2.